The molecule has 0 bridgehead atoms. The number of unbranched alkanes of at least 4 members (excludes halogenated alkanes) is 5. The normalized spacial score (nSPS) is 11.6. The lowest BCUT2D eigenvalue weighted by molar-refractivity contribution is 0.304. The molecule has 1 aromatic rings. The fraction of sp³-hybridized carbons (Fsp3) is 0.524. The van der Waals surface area contributed by atoms with Crippen LogP contribution in [-0.4, -0.2) is 39.6 Å². The summed E-state index contributed by atoms with van der Waals surface area (Å²) in [6.07, 6.45) is 10.2. The zero-order valence-corrected chi connectivity index (χ0v) is 16.8. The third-order valence-corrected chi connectivity index (χ3v) is 5.52. The number of aryl methyl sites for hydroxylation is 1. The van der Waals surface area contributed by atoms with Crippen LogP contribution in [0.4, 0.5) is 0 Å². The van der Waals surface area contributed by atoms with Crippen molar-refractivity contribution in [2.45, 2.75) is 50.3 Å². The maximum absolute atomic E-state index is 12.0. The highest BCUT2D eigenvalue weighted by Gasteiger charge is 2.14. The van der Waals surface area contributed by atoms with E-state index in [1.54, 1.807) is 24.3 Å². The first-order chi connectivity index (χ1) is 12.5. The maximum Gasteiger partial charge on any atom is 0.296 e. The van der Waals surface area contributed by atoms with E-state index in [4.69, 9.17) is 4.18 Å². The lowest BCUT2D eigenvalue weighted by Crippen LogP contribution is -2.24. The Bertz CT molecular complexity index is 613. The third-order valence-electron chi connectivity index (χ3n) is 4.19. The smallest absolute Gasteiger partial charge is 0.296 e. The Morgan fingerprint density at radius 3 is 2.04 bits per heavy atom. The average Bonchev–Trinajstić information content (AvgIpc) is 2.61. The Labute approximate surface area is 159 Å². The van der Waals surface area contributed by atoms with Gasteiger partial charge in [-0.1, -0.05) is 55.5 Å². The van der Waals surface area contributed by atoms with E-state index in [-0.39, 0.29) is 11.5 Å². The molecule has 0 fully saturated rings. The molecule has 0 saturated carbocycles. The second-order valence-corrected chi connectivity index (χ2v) is 8.16. The summed E-state index contributed by atoms with van der Waals surface area (Å²) in [5.74, 6) is 0. The van der Waals surface area contributed by atoms with Crippen LogP contribution in [0.3, 0.4) is 0 Å². The van der Waals surface area contributed by atoms with Crippen molar-refractivity contribution in [2.75, 3.05) is 26.2 Å². The van der Waals surface area contributed by atoms with Gasteiger partial charge in [-0.15, -0.1) is 13.2 Å². The average molecular weight is 380 g/mol. The Balaban J connectivity index is 2.09. The van der Waals surface area contributed by atoms with Crippen molar-refractivity contribution >= 4 is 10.1 Å². The summed E-state index contributed by atoms with van der Waals surface area (Å²) < 4.78 is 29.2. The maximum atomic E-state index is 12.0. The molecule has 26 heavy (non-hydrogen) atoms. The molecule has 0 atom stereocenters. The van der Waals surface area contributed by atoms with E-state index in [1.165, 1.54) is 19.3 Å². The fourth-order valence-corrected chi connectivity index (χ4v) is 3.65. The number of hydrogen-bond donors (Lipinski definition) is 0. The van der Waals surface area contributed by atoms with Gasteiger partial charge in [0.1, 0.15) is 0 Å². The standard InChI is InChI=1S/C21H33NO3S/c1-4-16-22(17-5-2)18-10-8-6-7-9-11-19-25-26(23,24)21-14-12-20(3)13-15-21/h4-5,12-15H,1-2,6-11,16-19H2,3H3. The molecule has 0 saturated heterocycles. The summed E-state index contributed by atoms with van der Waals surface area (Å²) in [5, 5.41) is 0. The summed E-state index contributed by atoms with van der Waals surface area (Å²) >= 11 is 0. The Hall–Kier alpha value is -1.43. The second kappa shape index (κ2) is 12.8. The van der Waals surface area contributed by atoms with Gasteiger partial charge >= 0.3 is 0 Å². The first-order valence-corrected chi connectivity index (χ1v) is 10.8. The molecule has 5 heteroatoms. The predicted octanol–water partition coefficient (Wildman–Crippen LogP) is 4.71. The van der Waals surface area contributed by atoms with Crippen molar-refractivity contribution in [3.63, 3.8) is 0 Å². The van der Waals surface area contributed by atoms with E-state index in [1.807, 2.05) is 19.1 Å². The quantitative estimate of drug-likeness (QED) is 0.251. The van der Waals surface area contributed by atoms with Gasteiger partial charge < -0.3 is 0 Å². The summed E-state index contributed by atoms with van der Waals surface area (Å²) in [7, 11) is -3.62. The molecule has 0 radical (unpaired) electrons. The summed E-state index contributed by atoms with van der Waals surface area (Å²) in [5.41, 5.74) is 1.03. The van der Waals surface area contributed by atoms with Gasteiger partial charge in [-0.3, -0.25) is 9.08 Å². The van der Waals surface area contributed by atoms with E-state index in [2.05, 4.69) is 18.1 Å². The van der Waals surface area contributed by atoms with Crippen LogP contribution in [0.2, 0.25) is 0 Å². The van der Waals surface area contributed by atoms with E-state index < -0.39 is 10.1 Å². The van der Waals surface area contributed by atoms with Gasteiger partial charge in [0.05, 0.1) is 11.5 Å². The lowest BCUT2D eigenvalue weighted by atomic mass is 10.1. The van der Waals surface area contributed by atoms with Crippen molar-refractivity contribution in [3.8, 4) is 0 Å². The molecule has 4 nitrogen and oxygen atoms in total. The van der Waals surface area contributed by atoms with Crippen molar-refractivity contribution in [3.05, 3.63) is 55.1 Å². The Kier molecular flexibility index (Phi) is 11.2. The lowest BCUT2D eigenvalue weighted by Gasteiger charge is -2.18. The van der Waals surface area contributed by atoms with Crippen LogP contribution in [0.1, 0.15) is 44.1 Å². The first kappa shape index (κ1) is 22.6. The molecule has 0 aliphatic rings. The van der Waals surface area contributed by atoms with Gasteiger partial charge in [0, 0.05) is 13.1 Å². The van der Waals surface area contributed by atoms with Crippen molar-refractivity contribution in [1.82, 2.24) is 4.90 Å². The molecule has 0 spiro atoms. The Morgan fingerprint density at radius 2 is 1.46 bits per heavy atom. The van der Waals surface area contributed by atoms with Crippen LogP contribution in [0.5, 0.6) is 0 Å². The number of nitrogens with zero attached hydrogens (tertiary/aromatic N) is 1. The van der Waals surface area contributed by atoms with Crippen molar-refractivity contribution in [2.24, 2.45) is 0 Å². The summed E-state index contributed by atoms with van der Waals surface area (Å²) in [4.78, 5) is 2.55. The van der Waals surface area contributed by atoms with Crippen LogP contribution >= 0.6 is 0 Å². The number of hydrogen-bond acceptors (Lipinski definition) is 4. The van der Waals surface area contributed by atoms with Crippen LogP contribution in [0.15, 0.2) is 54.5 Å². The molecule has 0 aliphatic carbocycles. The molecule has 0 unspecified atom stereocenters. The monoisotopic (exact) mass is 379 g/mol. The molecular formula is C21H33NO3S. The van der Waals surface area contributed by atoms with Crippen LogP contribution < -0.4 is 0 Å². The van der Waals surface area contributed by atoms with Gasteiger partial charge in [0.2, 0.25) is 0 Å². The van der Waals surface area contributed by atoms with E-state index in [0.29, 0.717) is 0 Å². The van der Waals surface area contributed by atoms with Gasteiger partial charge in [-0.2, -0.15) is 8.42 Å². The highest BCUT2D eigenvalue weighted by atomic mass is 32.2. The summed E-state index contributed by atoms with van der Waals surface area (Å²) in [6, 6.07) is 6.74. The minimum atomic E-state index is -3.62. The zero-order valence-electron chi connectivity index (χ0n) is 16.0. The molecule has 0 heterocycles. The van der Waals surface area contributed by atoms with Crippen molar-refractivity contribution < 1.29 is 12.6 Å². The minimum Gasteiger partial charge on any atom is -0.296 e. The van der Waals surface area contributed by atoms with Gasteiger partial charge in [-0.25, -0.2) is 0 Å². The fourth-order valence-electron chi connectivity index (χ4n) is 2.71. The first-order valence-electron chi connectivity index (χ1n) is 9.40. The van der Waals surface area contributed by atoms with E-state index in [9.17, 15) is 8.42 Å². The van der Waals surface area contributed by atoms with Crippen molar-refractivity contribution in [1.29, 1.82) is 0 Å². The third kappa shape index (κ3) is 9.32. The number of rotatable bonds is 15. The topological polar surface area (TPSA) is 46.6 Å². The van der Waals surface area contributed by atoms with Gasteiger partial charge in [0.15, 0.2) is 0 Å². The molecule has 1 aromatic carbocycles. The predicted molar refractivity (Wildman–Crippen MR) is 109 cm³/mol. The van der Waals surface area contributed by atoms with Crippen LogP contribution in [-0.2, 0) is 14.3 Å². The molecule has 146 valence electrons. The van der Waals surface area contributed by atoms with E-state index >= 15 is 0 Å². The molecule has 0 amide bonds. The molecule has 0 aromatic heterocycles. The number of benzene rings is 1. The van der Waals surface area contributed by atoms with E-state index in [0.717, 1.165) is 44.5 Å². The summed E-state index contributed by atoms with van der Waals surface area (Å²) in [6.45, 7) is 12.6. The minimum absolute atomic E-state index is 0.228. The highest BCUT2D eigenvalue weighted by Crippen LogP contribution is 2.14. The largest absolute Gasteiger partial charge is 0.296 e. The molecule has 0 N–H and O–H groups in total. The molecular weight excluding hydrogens is 346 g/mol. The van der Waals surface area contributed by atoms with Gasteiger partial charge in [0.25, 0.3) is 10.1 Å². The SMILES string of the molecule is C=CCN(CC=C)CCCCCCCCOS(=O)(=O)c1ccc(C)cc1. The molecule has 1 rings (SSSR count). The zero-order chi connectivity index (χ0) is 19.3. The molecule has 0 aliphatic heterocycles. The van der Waals surface area contributed by atoms with Crippen LogP contribution in [0.25, 0.3) is 0 Å². The Morgan fingerprint density at radius 1 is 0.923 bits per heavy atom. The van der Waals surface area contributed by atoms with Gasteiger partial charge in [-0.05, 0) is 38.4 Å². The highest BCUT2D eigenvalue weighted by molar-refractivity contribution is 7.86. The second-order valence-electron chi connectivity index (χ2n) is 6.55. The van der Waals surface area contributed by atoms with Crippen LogP contribution in [0, 0.1) is 6.92 Å².